The fraction of sp³-hybridized carbons (Fsp3) is 0.222. The molecule has 2 aromatic rings. The number of benzene rings is 2. The number of hydrogen-bond donors (Lipinski definition) is 1. The number of anilines is 1. The molecule has 0 aliphatic rings. The normalized spacial score (nSPS) is 10.2. The molecule has 120 valence electrons. The van der Waals surface area contributed by atoms with Gasteiger partial charge in [-0.15, -0.1) is 0 Å². The average molecular weight is 422 g/mol. The second-order valence-corrected chi connectivity index (χ2v) is 6.26. The van der Waals surface area contributed by atoms with Crippen molar-refractivity contribution in [1.82, 2.24) is 4.90 Å². The molecule has 0 aromatic heterocycles. The number of carbonyl (C=O) groups is 2. The quantitative estimate of drug-likeness (QED) is 0.740. The zero-order valence-electron chi connectivity index (χ0n) is 13.2. The highest BCUT2D eigenvalue weighted by Gasteiger charge is 2.12. The second kappa shape index (κ2) is 8.10. The molecule has 0 heterocycles. The van der Waals surface area contributed by atoms with Crippen LogP contribution >= 0.6 is 22.6 Å². The van der Waals surface area contributed by atoms with E-state index in [1.165, 1.54) is 0 Å². The first-order valence-electron chi connectivity index (χ1n) is 7.51. The minimum Gasteiger partial charge on any atom is -0.339 e. The molecule has 2 amide bonds. The Hall–Kier alpha value is -1.89. The van der Waals surface area contributed by atoms with Gasteiger partial charge < -0.3 is 10.2 Å². The number of carbonyl (C=O) groups excluding carboxylic acids is 2. The molecule has 5 heteroatoms. The average Bonchev–Trinajstić information content (AvgIpc) is 2.56. The number of rotatable bonds is 5. The van der Waals surface area contributed by atoms with Crippen molar-refractivity contribution in [3.05, 3.63) is 63.2 Å². The summed E-state index contributed by atoms with van der Waals surface area (Å²) in [5, 5.41) is 2.84. The maximum Gasteiger partial charge on any atom is 0.255 e. The van der Waals surface area contributed by atoms with Gasteiger partial charge >= 0.3 is 0 Å². The zero-order valence-corrected chi connectivity index (χ0v) is 15.3. The summed E-state index contributed by atoms with van der Waals surface area (Å²) in [5.41, 5.74) is 1.91. The van der Waals surface area contributed by atoms with Crippen LogP contribution in [0.3, 0.4) is 0 Å². The Morgan fingerprint density at radius 2 is 1.65 bits per heavy atom. The summed E-state index contributed by atoms with van der Waals surface area (Å²) in [6, 6.07) is 14.4. The summed E-state index contributed by atoms with van der Waals surface area (Å²) < 4.78 is 1.01. The zero-order chi connectivity index (χ0) is 16.8. The van der Waals surface area contributed by atoms with E-state index < -0.39 is 0 Å². The van der Waals surface area contributed by atoms with Crippen LogP contribution in [-0.2, 0) is 0 Å². The SMILES string of the molecule is CCN(CC)C(=O)c1ccc(NC(=O)c2cccc(I)c2)cc1. The van der Waals surface area contributed by atoms with Gasteiger partial charge in [-0.1, -0.05) is 6.07 Å². The molecule has 2 rings (SSSR count). The van der Waals surface area contributed by atoms with Crippen molar-refractivity contribution in [3.63, 3.8) is 0 Å². The van der Waals surface area contributed by atoms with E-state index in [1.807, 2.05) is 32.0 Å². The highest BCUT2D eigenvalue weighted by molar-refractivity contribution is 14.1. The monoisotopic (exact) mass is 422 g/mol. The third-order valence-electron chi connectivity index (χ3n) is 3.53. The lowest BCUT2D eigenvalue weighted by molar-refractivity contribution is 0.0773. The van der Waals surface area contributed by atoms with Crippen LogP contribution in [0.5, 0.6) is 0 Å². The van der Waals surface area contributed by atoms with Crippen LogP contribution < -0.4 is 5.32 Å². The first kappa shape index (κ1) is 17.5. The van der Waals surface area contributed by atoms with E-state index >= 15 is 0 Å². The fourth-order valence-electron chi connectivity index (χ4n) is 2.22. The van der Waals surface area contributed by atoms with E-state index in [0.717, 1.165) is 3.57 Å². The molecule has 0 atom stereocenters. The molecule has 23 heavy (non-hydrogen) atoms. The predicted molar refractivity (Wildman–Crippen MR) is 101 cm³/mol. The van der Waals surface area contributed by atoms with Crippen LogP contribution in [-0.4, -0.2) is 29.8 Å². The van der Waals surface area contributed by atoms with Crippen molar-refractivity contribution < 1.29 is 9.59 Å². The first-order chi connectivity index (χ1) is 11.0. The molecule has 1 N–H and O–H groups in total. The van der Waals surface area contributed by atoms with Gasteiger partial charge in [0.05, 0.1) is 0 Å². The number of nitrogens with zero attached hydrogens (tertiary/aromatic N) is 1. The molecule has 0 unspecified atom stereocenters. The van der Waals surface area contributed by atoms with E-state index in [4.69, 9.17) is 0 Å². The minimum absolute atomic E-state index is 0.00508. The van der Waals surface area contributed by atoms with Gasteiger partial charge in [-0.2, -0.15) is 0 Å². The molecular formula is C18H19IN2O2. The highest BCUT2D eigenvalue weighted by atomic mass is 127. The summed E-state index contributed by atoms with van der Waals surface area (Å²) in [6.45, 7) is 5.27. The molecule has 0 bridgehead atoms. The Morgan fingerprint density at radius 1 is 1.00 bits per heavy atom. The Balaban J connectivity index is 2.08. The molecule has 0 saturated heterocycles. The van der Waals surface area contributed by atoms with Gasteiger partial charge in [0.15, 0.2) is 0 Å². The summed E-state index contributed by atoms with van der Waals surface area (Å²) in [5.74, 6) is -0.156. The topological polar surface area (TPSA) is 49.4 Å². The van der Waals surface area contributed by atoms with E-state index in [-0.39, 0.29) is 11.8 Å². The third kappa shape index (κ3) is 4.54. The van der Waals surface area contributed by atoms with E-state index in [2.05, 4.69) is 27.9 Å². The van der Waals surface area contributed by atoms with Crippen molar-refractivity contribution in [2.75, 3.05) is 18.4 Å². The number of halogens is 1. The third-order valence-corrected chi connectivity index (χ3v) is 4.20. The van der Waals surface area contributed by atoms with Crippen molar-refractivity contribution >= 4 is 40.1 Å². The van der Waals surface area contributed by atoms with E-state index in [0.29, 0.717) is 29.9 Å². The van der Waals surface area contributed by atoms with Crippen LogP contribution in [0.1, 0.15) is 34.6 Å². The Labute approximate surface area is 150 Å². The predicted octanol–water partition coefficient (Wildman–Crippen LogP) is 4.03. The van der Waals surface area contributed by atoms with Gasteiger partial charge in [-0.25, -0.2) is 0 Å². The van der Waals surface area contributed by atoms with Crippen LogP contribution in [0.2, 0.25) is 0 Å². The Morgan fingerprint density at radius 3 is 2.22 bits per heavy atom. The Bertz CT molecular complexity index is 694. The van der Waals surface area contributed by atoms with E-state index in [1.54, 1.807) is 35.2 Å². The van der Waals surface area contributed by atoms with Crippen LogP contribution in [0.25, 0.3) is 0 Å². The van der Waals surface area contributed by atoms with E-state index in [9.17, 15) is 9.59 Å². The number of hydrogen-bond acceptors (Lipinski definition) is 2. The smallest absolute Gasteiger partial charge is 0.255 e. The maximum absolute atomic E-state index is 12.2. The van der Waals surface area contributed by atoms with Crippen molar-refractivity contribution in [2.24, 2.45) is 0 Å². The lowest BCUT2D eigenvalue weighted by atomic mass is 10.1. The molecule has 0 spiro atoms. The van der Waals surface area contributed by atoms with Gasteiger partial charge in [-0.05, 0) is 78.9 Å². The summed E-state index contributed by atoms with van der Waals surface area (Å²) >= 11 is 2.17. The van der Waals surface area contributed by atoms with Crippen molar-refractivity contribution in [2.45, 2.75) is 13.8 Å². The minimum atomic E-state index is -0.161. The van der Waals surface area contributed by atoms with Gasteiger partial charge in [0.1, 0.15) is 0 Å². The molecule has 2 aromatic carbocycles. The van der Waals surface area contributed by atoms with Crippen LogP contribution in [0.15, 0.2) is 48.5 Å². The highest BCUT2D eigenvalue weighted by Crippen LogP contribution is 2.14. The molecule has 0 saturated carbocycles. The molecule has 0 aliphatic heterocycles. The first-order valence-corrected chi connectivity index (χ1v) is 8.59. The standard InChI is InChI=1S/C18H19IN2O2/c1-3-21(4-2)18(23)13-8-10-16(11-9-13)20-17(22)14-6-5-7-15(19)12-14/h5-12H,3-4H2,1-2H3,(H,20,22). The molecule has 0 aliphatic carbocycles. The van der Waals surface area contributed by atoms with Crippen molar-refractivity contribution in [3.8, 4) is 0 Å². The summed E-state index contributed by atoms with van der Waals surface area (Å²) in [6.07, 6.45) is 0. The van der Waals surface area contributed by atoms with Crippen molar-refractivity contribution in [1.29, 1.82) is 0 Å². The van der Waals surface area contributed by atoms with Gasteiger partial charge in [0, 0.05) is 33.5 Å². The van der Waals surface area contributed by atoms with Gasteiger partial charge in [0.25, 0.3) is 11.8 Å². The van der Waals surface area contributed by atoms with Gasteiger partial charge in [0.2, 0.25) is 0 Å². The molecular weight excluding hydrogens is 403 g/mol. The fourth-order valence-corrected chi connectivity index (χ4v) is 2.77. The largest absolute Gasteiger partial charge is 0.339 e. The number of amides is 2. The van der Waals surface area contributed by atoms with Crippen LogP contribution in [0, 0.1) is 3.57 Å². The van der Waals surface area contributed by atoms with Gasteiger partial charge in [-0.3, -0.25) is 9.59 Å². The maximum atomic E-state index is 12.2. The lowest BCUT2D eigenvalue weighted by Crippen LogP contribution is -2.30. The second-order valence-electron chi connectivity index (χ2n) is 5.02. The Kier molecular flexibility index (Phi) is 6.15. The van der Waals surface area contributed by atoms with Crippen LogP contribution in [0.4, 0.5) is 5.69 Å². The summed E-state index contributed by atoms with van der Waals surface area (Å²) in [4.78, 5) is 26.2. The summed E-state index contributed by atoms with van der Waals surface area (Å²) in [7, 11) is 0. The molecule has 0 radical (unpaired) electrons. The number of nitrogens with one attached hydrogen (secondary N) is 1. The molecule has 4 nitrogen and oxygen atoms in total. The molecule has 0 fully saturated rings. The lowest BCUT2D eigenvalue weighted by Gasteiger charge is -2.18.